The molecule has 2 aliphatic carbocycles. The molecular formula is C35H25F3N2O10. The van der Waals surface area contributed by atoms with Gasteiger partial charge in [-0.15, -0.1) is 13.2 Å². The smallest absolute Gasteiger partial charge is 0.508 e. The molecule has 6 unspecified atom stereocenters. The average molecular weight is 691 g/mol. The van der Waals surface area contributed by atoms with Crippen molar-refractivity contribution in [2.24, 2.45) is 29.6 Å². The first-order valence-electron chi connectivity index (χ1n) is 15.4. The third-order valence-electron chi connectivity index (χ3n) is 9.92. The van der Waals surface area contributed by atoms with Gasteiger partial charge < -0.3 is 20.1 Å². The molecule has 15 heteroatoms. The number of fused-ring (bicyclic) bond motifs is 4. The van der Waals surface area contributed by atoms with E-state index in [-0.39, 0.29) is 40.9 Å². The van der Waals surface area contributed by atoms with Crippen LogP contribution >= 0.6 is 0 Å². The number of nitrogens with zero attached hydrogens (tertiary/aromatic N) is 2. The SMILES string of the molecule is O=C(O)c1cccc(N2C(=O)C3CC=C4C(CC5C(=O)N(c6cccc(C(=O)O)c6)C(=O)C5C4c4cc(OC(F)(F)F)ccc4O)C3C2=O)c1. The molecule has 4 aliphatic rings. The molecule has 1 saturated carbocycles. The van der Waals surface area contributed by atoms with E-state index in [4.69, 9.17) is 0 Å². The molecule has 256 valence electrons. The summed E-state index contributed by atoms with van der Waals surface area (Å²) in [5.74, 6) is -13.4. The summed E-state index contributed by atoms with van der Waals surface area (Å²) in [6.45, 7) is 0. The number of carboxylic acids is 2. The van der Waals surface area contributed by atoms with Gasteiger partial charge in [-0.05, 0) is 73.4 Å². The minimum atomic E-state index is -5.10. The van der Waals surface area contributed by atoms with E-state index in [1.54, 1.807) is 6.08 Å². The number of amides is 4. The molecule has 3 aromatic carbocycles. The summed E-state index contributed by atoms with van der Waals surface area (Å²) >= 11 is 0. The molecule has 0 spiro atoms. The number of carbonyl (C=O) groups is 6. The molecule has 3 N–H and O–H groups in total. The molecule has 3 aromatic rings. The van der Waals surface area contributed by atoms with Crippen molar-refractivity contribution < 1.29 is 62.0 Å². The standard InChI is InChI=1S/C35H25F3N2O10/c36-35(37,38)50-19-7-10-25(41)23(13-19)26-20-8-9-21-27(31(44)39(29(21)42)17-5-1-3-15(11-17)33(46)47)22(20)14-24-28(26)32(45)40(30(24)43)18-6-2-4-16(12-18)34(48)49/h1-8,10-13,21-22,24,26-28,41H,9,14H2,(H,46,47)(H,48,49). The van der Waals surface area contributed by atoms with Crippen molar-refractivity contribution in [1.82, 2.24) is 0 Å². The Morgan fingerprint density at radius 1 is 0.720 bits per heavy atom. The zero-order valence-corrected chi connectivity index (χ0v) is 25.5. The summed E-state index contributed by atoms with van der Waals surface area (Å²) in [4.78, 5) is 81.3. The number of imide groups is 2. The van der Waals surface area contributed by atoms with Gasteiger partial charge in [-0.3, -0.25) is 29.0 Å². The Labute approximate surface area is 280 Å². The zero-order chi connectivity index (χ0) is 35.8. The van der Waals surface area contributed by atoms with Gasteiger partial charge in [-0.2, -0.15) is 0 Å². The maximum Gasteiger partial charge on any atom is 0.573 e. The number of aromatic hydroxyl groups is 1. The molecule has 2 aliphatic heterocycles. The van der Waals surface area contributed by atoms with Crippen LogP contribution in [0, 0.1) is 29.6 Å². The first kappa shape index (κ1) is 32.6. The number of carbonyl (C=O) groups excluding carboxylic acids is 4. The molecule has 0 bridgehead atoms. The van der Waals surface area contributed by atoms with Gasteiger partial charge in [0.1, 0.15) is 11.5 Å². The fraction of sp³-hybridized carbons (Fsp3) is 0.257. The predicted molar refractivity (Wildman–Crippen MR) is 164 cm³/mol. The van der Waals surface area contributed by atoms with Crippen LogP contribution in [0.5, 0.6) is 11.5 Å². The van der Waals surface area contributed by atoms with Crippen LogP contribution in [0.3, 0.4) is 0 Å². The highest BCUT2D eigenvalue weighted by Gasteiger charge is 2.62. The number of halogens is 3. The van der Waals surface area contributed by atoms with Crippen molar-refractivity contribution in [2.75, 3.05) is 9.80 Å². The molecule has 7 rings (SSSR count). The number of allylic oxidation sites excluding steroid dienone is 2. The monoisotopic (exact) mass is 690 g/mol. The van der Waals surface area contributed by atoms with E-state index in [1.165, 1.54) is 42.5 Å². The normalized spacial score (nSPS) is 25.9. The Morgan fingerprint density at radius 2 is 1.28 bits per heavy atom. The van der Waals surface area contributed by atoms with E-state index in [0.717, 1.165) is 34.1 Å². The molecule has 2 saturated heterocycles. The van der Waals surface area contributed by atoms with Crippen LogP contribution in [0.2, 0.25) is 0 Å². The van der Waals surface area contributed by atoms with Crippen molar-refractivity contribution >= 4 is 46.9 Å². The number of carboxylic acid groups (broad SMARTS) is 2. The van der Waals surface area contributed by atoms with Crippen LogP contribution in [0.4, 0.5) is 24.5 Å². The van der Waals surface area contributed by atoms with Crippen LogP contribution < -0.4 is 14.5 Å². The topological polar surface area (TPSA) is 179 Å². The van der Waals surface area contributed by atoms with E-state index in [9.17, 15) is 57.3 Å². The second-order valence-electron chi connectivity index (χ2n) is 12.5. The zero-order valence-electron chi connectivity index (χ0n) is 25.5. The number of anilines is 2. The lowest BCUT2D eigenvalue weighted by Gasteiger charge is -2.44. The van der Waals surface area contributed by atoms with E-state index in [1.807, 2.05) is 0 Å². The first-order valence-corrected chi connectivity index (χ1v) is 15.4. The molecule has 6 atom stereocenters. The van der Waals surface area contributed by atoms with Gasteiger partial charge in [-0.25, -0.2) is 9.59 Å². The number of benzene rings is 3. The van der Waals surface area contributed by atoms with E-state index in [2.05, 4.69) is 4.74 Å². The molecule has 3 fully saturated rings. The third-order valence-corrected chi connectivity index (χ3v) is 9.92. The number of phenolic OH excluding ortho intramolecular Hbond substituents is 1. The molecular weight excluding hydrogens is 665 g/mol. The van der Waals surface area contributed by atoms with E-state index < -0.39 is 88.9 Å². The lowest BCUT2D eigenvalue weighted by atomic mass is 9.57. The number of phenols is 1. The lowest BCUT2D eigenvalue weighted by Crippen LogP contribution is -2.43. The first-order chi connectivity index (χ1) is 23.7. The minimum Gasteiger partial charge on any atom is -0.508 e. The maximum absolute atomic E-state index is 14.2. The fourth-order valence-electron chi connectivity index (χ4n) is 7.98. The largest absolute Gasteiger partial charge is 0.573 e. The number of hydrogen-bond acceptors (Lipinski definition) is 8. The Bertz CT molecular complexity index is 2060. The third kappa shape index (κ3) is 5.16. The van der Waals surface area contributed by atoms with Crippen LogP contribution in [0.25, 0.3) is 0 Å². The van der Waals surface area contributed by atoms with Gasteiger partial charge >= 0.3 is 18.3 Å². The summed E-state index contributed by atoms with van der Waals surface area (Å²) in [5, 5.41) is 30.1. The molecule has 0 radical (unpaired) electrons. The molecule has 4 amide bonds. The summed E-state index contributed by atoms with van der Waals surface area (Å²) < 4.78 is 43.9. The van der Waals surface area contributed by atoms with Gasteiger partial charge in [0.05, 0.1) is 46.2 Å². The van der Waals surface area contributed by atoms with Gasteiger partial charge in [0, 0.05) is 11.5 Å². The van der Waals surface area contributed by atoms with Crippen LogP contribution in [0.1, 0.15) is 45.0 Å². The highest BCUT2D eigenvalue weighted by Crippen LogP contribution is 2.59. The second kappa shape index (κ2) is 11.6. The van der Waals surface area contributed by atoms with Gasteiger partial charge in [0.15, 0.2) is 0 Å². The maximum atomic E-state index is 14.2. The summed E-state index contributed by atoms with van der Waals surface area (Å²) in [6, 6.07) is 13.1. The van der Waals surface area contributed by atoms with Crippen LogP contribution in [-0.2, 0) is 19.2 Å². The summed E-state index contributed by atoms with van der Waals surface area (Å²) in [6.07, 6.45) is -3.66. The van der Waals surface area contributed by atoms with Crippen LogP contribution in [0.15, 0.2) is 78.4 Å². The van der Waals surface area contributed by atoms with Crippen molar-refractivity contribution in [2.45, 2.75) is 25.1 Å². The fourth-order valence-corrected chi connectivity index (χ4v) is 7.98. The predicted octanol–water partition coefficient (Wildman–Crippen LogP) is 4.73. The molecule has 50 heavy (non-hydrogen) atoms. The Morgan fingerprint density at radius 3 is 1.84 bits per heavy atom. The second-order valence-corrected chi connectivity index (χ2v) is 12.5. The van der Waals surface area contributed by atoms with Gasteiger partial charge in [0.25, 0.3) is 0 Å². The molecule has 0 aromatic heterocycles. The number of ether oxygens (including phenoxy) is 1. The Hall–Kier alpha value is -5.99. The number of alkyl halides is 3. The summed E-state index contributed by atoms with van der Waals surface area (Å²) in [7, 11) is 0. The summed E-state index contributed by atoms with van der Waals surface area (Å²) in [5.41, 5.74) is -0.246. The molecule has 2 heterocycles. The number of hydrogen-bond donors (Lipinski definition) is 3. The quantitative estimate of drug-likeness (QED) is 0.242. The van der Waals surface area contributed by atoms with E-state index >= 15 is 0 Å². The Balaban J connectivity index is 1.35. The van der Waals surface area contributed by atoms with Crippen molar-refractivity contribution in [3.8, 4) is 11.5 Å². The highest BCUT2D eigenvalue weighted by molar-refractivity contribution is 6.24. The average Bonchev–Trinajstić information content (AvgIpc) is 3.47. The lowest BCUT2D eigenvalue weighted by molar-refractivity contribution is -0.274. The number of aromatic carboxylic acids is 2. The van der Waals surface area contributed by atoms with Gasteiger partial charge in [-0.1, -0.05) is 23.8 Å². The van der Waals surface area contributed by atoms with Gasteiger partial charge in [0.2, 0.25) is 23.6 Å². The molecule has 12 nitrogen and oxygen atoms in total. The van der Waals surface area contributed by atoms with E-state index in [0.29, 0.717) is 5.57 Å². The number of rotatable bonds is 6. The minimum absolute atomic E-state index is 0.0207. The highest BCUT2D eigenvalue weighted by atomic mass is 19.4. The van der Waals surface area contributed by atoms with Crippen LogP contribution in [-0.4, -0.2) is 57.2 Å². The van der Waals surface area contributed by atoms with Crippen molar-refractivity contribution in [3.05, 3.63) is 95.1 Å². The van der Waals surface area contributed by atoms with Crippen molar-refractivity contribution in [1.29, 1.82) is 0 Å². The Kier molecular flexibility index (Phi) is 7.53. The van der Waals surface area contributed by atoms with Crippen molar-refractivity contribution in [3.63, 3.8) is 0 Å².